The Kier molecular flexibility index (Phi) is 8.38. The molecule has 0 radical (unpaired) electrons. The number of carbonyl (C=O) groups is 2. The number of hydroxylamine groups is 1. The number of aryl methyl sites for hydroxylation is 2. The van der Waals surface area contributed by atoms with E-state index in [1.807, 2.05) is 24.4 Å². The van der Waals surface area contributed by atoms with Crippen molar-refractivity contribution < 1.29 is 29.4 Å². The Bertz CT molecular complexity index is 1850. The van der Waals surface area contributed by atoms with Crippen molar-refractivity contribution in [2.45, 2.75) is 90.7 Å². The zero-order chi connectivity index (χ0) is 31.7. The first-order valence-corrected chi connectivity index (χ1v) is 15.3. The second-order valence-corrected chi connectivity index (χ2v) is 11.5. The number of nitrogens with one attached hydrogen (secondary N) is 1. The molecule has 4 aromatic rings. The van der Waals surface area contributed by atoms with Gasteiger partial charge in [0.25, 0.3) is 5.56 Å². The van der Waals surface area contributed by atoms with Crippen LogP contribution >= 0.6 is 0 Å². The average Bonchev–Trinajstić information content (AvgIpc) is 3.66. The van der Waals surface area contributed by atoms with E-state index in [-0.39, 0.29) is 31.1 Å². The van der Waals surface area contributed by atoms with Crippen LogP contribution in [0.4, 0.5) is 0 Å². The van der Waals surface area contributed by atoms with E-state index in [0.29, 0.717) is 59.9 Å². The van der Waals surface area contributed by atoms with E-state index in [0.717, 1.165) is 47.7 Å². The summed E-state index contributed by atoms with van der Waals surface area (Å²) in [7, 11) is 0. The number of ether oxygens (including phenoxy) is 2. The number of carbonyl (C=O) groups excluding carboxylic acids is 2. The molecule has 1 atom stereocenters. The third-order valence-electron chi connectivity index (χ3n) is 8.77. The summed E-state index contributed by atoms with van der Waals surface area (Å²) in [5.41, 5.74) is 4.82. The van der Waals surface area contributed by atoms with Crippen molar-refractivity contribution in [1.29, 1.82) is 0 Å². The summed E-state index contributed by atoms with van der Waals surface area (Å²) in [5, 5.41) is 29.0. The number of fused-ring (bicyclic) bond motifs is 5. The molecule has 2 aliphatic heterocycles. The molecule has 3 N–H and O–H groups in total. The first-order valence-electron chi connectivity index (χ1n) is 15.3. The zero-order valence-corrected chi connectivity index (χ0v) is 25.3. The molecule has 0 saturated heterocycles. The molecule has 0 spiro atoms. The number of rotatable bonds is 12. The molecule has 0 fully saturated rings. The van der Waals surface area contributed by atoms with Crippen LogP contribution in [0.2, 0.25) is 0 Å². The largest absolute Gasteiger partial charge is 0.487 e. The number of aliphatic hydroxyl groups is 1. The van der Waals surface area contributed by atoms with Crippen LogP contribution in [0.25, 0.3) is 22.3 Å². The van der Waals surface area contributed by atoms with Crippen LogP contribution in [0.15, 0.2) is 35.3 Å². The molecule has 1 aromatic carbocycles. The Hall–Kier alpha value is -4.62. The summed E-state index contributed by atoms with van der Waals surface area (Å²) in [6.45, 7) is 4.88. The summed E-state index contributed by atoms with van der Waals surface area (Å²) in [6.07, 6.45) is 6.42. The number of esters is 1. The van der Waals surface area contributed by atoms with Crippen LogP contribution in [0.3, 0.4) is 0 Å². The highest BCUT2D eigenvalue weighted by molar-refractivity contribution is 5.90. The molecule has 6 rings (SSSR count). The third kappa shape index (κ3) is 5.57. The minimum Gasteiger partial charge on any atom is -0.487 e. The monoisotopic (exact) mass is 616 g/mol. The van der Waals surface area contributed by atoms with E-state index in [2.05, 4.69) is 17.2 Å². The molecule has 0 saturated carbocycles. The Balaban J connectivity index is 1.18. The van der Waals surface area contributed by atoms with Gasteiger partial charge in [-0.2, -0.15) is 0 Å². The maximum absolute atomic E-state index is 13.6. The molecule has 45 heavy (non-hydrogen) atoms. The molecule has 13 heteroatoms. The number of aromatic nitrogens is 5. The number of nitrogens with zero attached hydrogens (tertiary/aromatic N) is 5. The summed E-state index contributed by atoms with van der Waals surface area (Å²) in [6, 6.07) is 7.43. The molecule has 0 bridgehead atoms. The second kappa shape index (κ2) is 12.4. The fourth-order valence-electron chi connectivity index (χ4n) is 6.27. The van der Waals surface area contributed by atoms with Crippen LogP contribution in [-0.2, 0) is 52.7 Å². The molecule has 3 aromatic heterocycles. The van der Waals surface area contributed by atoms with Gasteiger partial charge in [0, 0.05) is 29.5 Å². The highest BCUT2D eigenvalue weighted by atomic mass is 16.6. The maximum Gasteiger partial charge on any atom is 0.343 e. The lowest BCUT2D eigenvalue weighted by molar-refractivity contribution is -0.172. The standard InChI is InChI=1S/C32H36N6O7/c1-3-21-22-13-20(44-17-19-15-37(36-34-19)12-8-6-5-7-9-28(39)35-43)10-11-26(22)33-29-23(21)16-38-27(29)14-25-24(30(38)40)18-45-31(41)32(25,42)4-2/h10-11,13-15,42-43H,3-9,12,16-18H2,1-2H3,(H,35,39)/t32-/m0/s1. The van der Waals surface area contributed by atoms with E-state index in [1.54, 1.807) is 27.7 Å². The molecule has 0 unspecified atom stereocenters. The number of pyridine rings is 2. The minimum atomic E-state index is -1.87. The highest BCUT2D eigenvalue weighted by Gasteiger charge is 2.45. The van der Waals surface area contributed by atoms with E-state index >= 15 is 0 Å². The SMILES string of the molecule is CCc1c2c(nc3ccc(OCc4cn(CCCCCCC(=O)NO)nn4)cc13)-c1cc3c(c(=O)n1C2)COC(=O)[C@]3(O)CC. The van der Waals surface area contributed by atoms with Crippen molar-refractivity contribution in [2.75, 3.05) is 0 Å². The van der Waals surface area contributed by atoms with Gasteiger partial charge in [-0.1, -0.05) is 31.9 Å². The molecule has 5 heterocycles. The fourth-order valence-corrected chi connectivity index (χ4v) is 6.27. The smallest absolute Gasteiger partial charge is 0.343 e. The number of hydrogen-bond donors (Lipinski definition) is 3. The van der Waals surface area contributed by atoms with Gasteiger partial charge in [-0.15, -0.1) is 5.10 Å². The van der Waals surface area contributed by atoms with Gasteiger partial charge >= 0.3 is 5.97 Å². The fraction of sp³-hybridized carbons (Fsp3) is 0.438. The number of unbranched alkanes of at least 4 members (excludes halogenated alkanes) is 3. The van der Waals surface area contributed by atoms with Crippen molar-refractivity contribution in [1.82, 2.24) is 30.0 Å². The molecule has 1 amide bonds. The minimum absolute atomic E-state index is 0.0913. The van der Waals surface area contributed by atoms with Crippen LogP contribution < -0.4 is 15.8 Å². The summed E-state index contributed by atoms with van der Waals surface area (Å²) >= 11 is 0. The van der Waals surface area contributed by atoms with Gasteiger partial charge in [-0.05, 0) is 55.5 Å². The summed E-state index contributed by atoms with van der Waals surface area (Å²) in [5.74, 6) is -0.446. The molecular formula is C32H36N6O7. The van der Waals surface area contributed by atoms with Gasteiger partial charge in [0.2, 0.25) is 5.91 Å². The first-order chi connectivity index (χ1) is 21.8. The summed E-state index contributed by atoms with van der Waals surface area (Å²) < 4.78 is 14.7. The normalized spacial score (nSPS) is 16.7. The van der Waals surface area contributed by atoms with E-state index in [9.17, 15) is 19.5 Å². The molecule has 236 valence electrons. The lowest BCUT2D eigenvalue weighted by Crippen LogP contribution is -2.44. The topological polar surface area (TPSA) is 171 Å². The van der Waals surface area contributed by atoms with Gasteiger partial charge in [0.1, 0.15) is 24.7 Å². The van der Waals surface area contributed by atoms with Crippen molar-refractivity contribution in [3.63, 3.8) is 0 Å². The maximum atomic E-state index is 13.6. The Morgan fingerprint density at radius 3 is 2.73 bits per heavy atom. The van der Waals surface area contributed by atoms with Crippen molar-refractivity contribution in [2.24, 2.45) is 0 Å². The van der Waals surface area contributed by atoms with Gasteiger partial charge in [-0.25, -0.2) is 15.3 Å². The van der Waals surface area contributed by atoms with Crippen LogP contribution in [0.5, 0.6) is 5.75 Å². The Labute approximate surface area is 258 Å². The number of hydrogen-bond acceptors (Lipinski definition) is 10. The first kappa shape index (κ1) is 30.4. The predicted molar refractivity (Wildman–Crippen MR) is 161 cm³/mol. The summed E-state index contributed by atoms with van der Waals surface area (Å²) in [4.78, 5) is 42.1. The van der Waals surface area contributed by atoms with E-state index in [4.69, 9.17) is 19.7 Å². The van der Waals surface area contributed by atoms with Gasteiger partial charge in [-0.3, -0.25) is 19.5 Å². The Morgan fingerprint density at radius 1 is 1.13 bits per heavy atom. The van der Waals surface area contributed by atoms with Crippen molar-refractivity contribution >= 4 is 22.8 Å². The van der Waals surface area contributed by atoms with Gasteiger partial charge in [0.15, 0.2) is 5.60 Å². The van der Waals surface area contributed by atoms with Crippen LogP contribution in [0, 0.1) is 0 Å². The van der Waals surface area contributed by atoms with Crippen molar-refractivity contribution in [3.8, 4) is 17.1 Å². The second-order valence-electron chi connectivity index (χ2n) is 11.5. The molecule has 13 nitrogen and oxygen atoms in total. The van der Waals surface area contributed by atoms with Gasteiger partial charge < -0.3 is 19.1 Å². The molecule has 0 aliphatic carbocycles. The Morgan fingerprint density at radius 2 is 1.96 bits per heavy atom. The van der Waals surface area contributed by atoms with E-state index in [1.165, 1.54) is 0 Å². The highest BCUT2D eigenvalue weighted by Crippen LogP contribution is 2.40. The molecule has 2 aliphatic rings. The van der Waals surface area contributed by atoms with E-state index < -0.39 is 11.6 Å². The lowest BCUT2D eigenvalue weighted by Gasteiger charge is -2.31. The average molecular weight is 617 g/mol. The lowest BCUT2D eigenvalue weighted by atomic mass is 9.86. The molecular weight excluding hydrogens is 580 g/mol. The van der Waals surface area contributed by atoms with Crippen molar-refractivity contribution in [3.05, 3.63) is 68.8 Å². The van der Waals surface area contributed by atoms with Gasteiger partial charge in [0.05, 0.1) is 35.2 Å². The number of benzene rings is 1. The van der Waals surface area contributed by atoms with Crippen LogP contribution in [0.1, 0.15) is 80.3 Å². The number of cyclic esters (lactones) is 1. The predicted octanol–water partition coefficient (Wildman–Crippen LogP) is 3.27. The third-order valence-corrected chi connectivity index (χ3v) is 8.77. The van der Waals surface area contributed by atoms with Crippen LogP contribution in [-0.4, -0.2) is 46.7 Å². The number of amides is 1. The quantitative estimate of drug-likeness (QED) is 0.0818. The zero-order valence-electron chi connectivity index (χ0n) is 25.3.